The third-order valence-corrected chi connectivity index (χ3v) is 1.97. The van der Waals surface area contributed by atoms with Crippen LogP contribution in [0.25, 0.3) is 4.85 Å². The topological polar surface area (TPSA) is 30.7 Å². The van der Waals surface area contributed by atoms with Gasteiger partial charge in [-0.15, -0.1) is 0 Å². The van der Waals surface area contributed by atoms with Crippen LogP contribution in [0.3, 0.4) is 0 Å². The first-order chi connectivity index (χ1) is 7.15. The normalized spacial score (nSPS) is 11.9. The number of nitrogens with zero attached hydrogens (tertiary/aromatic N) is 1. The van der Waals surface area contributed by atoms with Gasteiger partial charge in [0.05, 0.1) is 0 Å². The van der Waals surface area contributed by atoms with Gasteiger partial charge in [0.1, 0.15) is 5.75 Å². The number of esters is 1. The molecule has 3 heteroatoms. The Balaban J connectivity index is 2.68. The second kappa shape index (κ2) is 5.16. The maximum absolute atomic E-state index is 11.5. The van der Waals surface area contributed by atoms with E-state index in [2.05, 4.69) is 4.85 Å². The number of benzene rings is 1. The minimum Gasteiger partial charge on any atom is -0.421 e. The Kier molecular flexibility index (Phi) is 3.87. The number of hydrogen-bond acceptors (Lipinski definition) is 2. The molecule has 0 amide bonds. The fraction of sp³-hybridized carbons (Fsp3) is 0.333. The molecule has 0 aliphatic heterocycles. The number of carbonyl (C=O) groups excluding carboxylic acids is 1. The molecule has 1 rings (SSSR count). The molecule has 0 bridgehead atoms. The lowest BCUT2D eigenvalue weighted by Crippen LogP contribution is -2.27. The molecule has 0 saturated carbocycles. The number of ether oxygens (including phenoxy) is 1. The zero-order valence-corrected chi connectivity index (χ0v) is 8.81. The average molecular weight is 203 g/mol. The maximum Gasteiger partial charge on any atom is 0.395 e. The standard InChI is InChI=1S/C12H13NO2/c1-9(2)11(13-3)12(14)15-10-7-5-4-6-8-10/h4-9,11H,1-2H3. The summed E-state index contributed by atoms with van der Waals surface area (Å²) in [6.45, 7) is 10.6. The first-order valence-corrected chi connectivity index (χ1v) is 4.78. The van der Waals surface area contributed by atoms with Crippen LogP contribution >= 0.6 is 0 Å². The van der Waals surface area contributed by atoms with Crippen LogP contribution in [0.2, 0.25) is 0 Å². The minimum atomic E-state index is -0.717. The number of hydrogen-bond donors (Lipinski definition) is 0. The summed E-state index contributed by atoms with van der Waals surface area (Å²) in [5.74, 6) is -0.0262. The van der Waals surface area contributed by atoms with E-state index in [1.54, 1.807) is 24.3 Å². The van der Waals surface area contributed by atoms with Gasteiger partial charge in [0.25, 0.3) is 0 Å². The summed E-state index contributed by atoms with van der Waals surface area (Å²) in [4.78, 5) is 14.8. The lowest BCUT2D eigenvalue weighted by atomic mass is 10.1. The molecule has 0 radical (unpaired) electrons. The summed E-state index contributed by atoms with van der Waals surface area (Å²) in [5.41, 5.74) is 0. The summed E-state index contributed by atoms with van der Waals surface area (Å²) in [5, 5.41) is 0. The number of carbonyl (C=O) groups is 1. The highest BCUT2D eigenvalue weighted by Crippen LogP contribution is 2.13. The first kappa shape index (κ1) is 11.3. The van der Waals surface area contributed by atoms with Gasteiger partial charge in [0.2, 0.25) is 0 Å². The van der Waals surface area contributed by atoms with E-state index in [0.29, 0.717) is 5.75 Å². The van der Waals surface area contributed by atoms with E-state index < -0.39 is 12.0 Å². The lowest BCUT2D eigenvalue weighted by Gasteiger charge is -2.08. The van der Waals surface area contributed by atoms with Crippen LogP contribution in [-0.2, 0) is 4.79 Å². The highest BCUT2D eigenvalue weighted by atomic mass is 16.5. The smallest absolute Gasteiger partial charge is 0.395 e. The van der Waals surface area contributed by atoms with Crippen molar-refractivity contribution in [3.8, 4) is 5.75 Å². The van der Waals surface area contributed by atoms with Crippen molar-refractivity contribution >= 4 is 5.97 Å². The monoisotopic (exact) mass is 203 g/mol. The molecule has 1 aromatic rings. The summed E-state index contributed by atoms with van der Waals surface area (Å²) < 4.78 is 5.08. The maximum atomic E-state index is 11.5. The van der Waals surface area contributed by atoms with Crippen molar-refractivity contribution in [1.82, 2.24) is 0 Å². The van der Waals surface area contributed by atoms with Crippen LogP contribution in [0.1, 0.15) is 13.8 Å². The zero-order valence-electron chi connectivity index (χ0n) is 8.81. The fourth-order valence-electron chi connectivity index (χ4n) is 1.14. The van der Waals surface area contributed by atoms with Gasteiger partial charge in [-0.25, -0.2) is 11.4 Å². The van der Waals surface area contributed by atoms with Crippen LogP contribution < -0.4 is 4.74 Å². The van der Waals surface area contributed by atoms with Crippen molar-refractivity contribution in [2.75, 3.05) is 0 Å². The van der Waals surface area contributed by atoms with Gasteiger partial charge in [-0.1, -0.05) is 32.0 Å². The molecule has 15 heavy (non-hydrogen) atoms. The van der Waals surface area contributed by atoms with Crippen molar-refractivity contribution < 1.29 is 9.53 Å². The van der Waals surface area contributed by atoms with E-state index in [1.807, 2.05) is 19.9 Å². The Morgan fingerprint density at radius 3 is 2.40 bits per heavy atom. The SMILES string of the molecule is [C-]#[N+]C(C(=O)Oc1ccccc1)C(C)C. The van der Waals surface area contributed by atoms with E-state index in [9.17, 15) is 4.79 Å². The average Bonchev–Trinajstić information content (AvgIpc) is 2.19. The van der Waals surface area contributed by atoms with Crippen molar-refractivity contribution in [2.45, 2.75) is 19.9 Å². The van der Waals surface area contributed by atoms with Gasteiger partial charge in [-0.3, -0.25) is 0 Å². The Labute approximate surface area is 89.5 Å². The molecule has 0 saturated heterocycles. The molecule has 0 heterocycles. The molecule has 1 unspecified atom stereocenters. The number of rotatable bonds is 3. The minimum absolute atomic E-state index is 0.0290. The van der Waals surface area contributed by atoms with Crippen LogP contribution in [-0.4, -0.2) is 12.0 Å². The summed E-state index contributed by atoms with van der Waals surface area (Å²) in [7, 11) is 0. The lowest BCUT2D eigenvalue weighted by molar-refractivity contribution is -0.135. The van der Waals surface area contributed by atoms with E-state index in [1.165, 1.54) is 0 Å². The highest BCUT2D eigenvalue weighted by Gasteiger charge is 2.29. The quantitative estimate of drug-likeness (QED) is 0.429. The fourth-order valence-corrected chi connectivity index (χ4v) is 1.14. The molecule has 0 aliphatic rings. The van der Waals surface area contributed by atoms with Crippen molar-refractivity contribution in [3.05, 3.63) is 41.7 Å². The van der Waals surface area contributed by atoms with E-state index in [-0.39, 0.29) is 5.92 Å². The van der Waals surface area contributed by atoms with Crippen molar-refractivity contribution in [1.29, 1.82) is 0 Å². The molecule has 0 fully saturated rings. The molecule has 3 nitrogen and oxygen atoms in total. The Bertz CT molecular complexity index is 365. The molecule has 0 aliphatic carbocycles. The highest BCUT2D eigenvalue weighted by molar-refractivity contribution is 5.80. The molecular formula is C12H13NO2. The van der Waals surface area contributed by atoms with E-state index in [0.717, 1.165) is 0 Å². The molecular weight excluding hydrogens is 190 g/mol. The van der Waals surface area contributed by atoms with Gasteiger partial charge in [0.15, 0.2) is 0 Å². The van der Waals surface area contributed by atoms with Crippen LogP contribution in [0.15, 0.2) is 30.3 Å². The van der Waals surface area contributed by atoms with Crippen LogP contribution in [0.4, 0.5) is 0 Å². The third-order valence-electron chi connectivity index (χ3n) is 1.97. The van der Waals surface area contributed by atoms with Crippen molar-refractivity contribution in [3.63, 3.8) is 0 Å². The van der Waals surface area contributed by atoms with E-state index >= 15 is 0 Å². The number of para-hydroxylation sites is 1. The predicted molar refractivity (Wildman–Crippen MR) is 57.3 cm³/mol. The van der Waals surface area contributed by atoms with Crippen LogP contribution in [0.5, 0.6) is 5.75 Å². The molecule has 1 aromatic carbocycles. The Morgan fingerprint density at radius 2 is 1.93 bits per heavy atom. The molecule has 78 valence electrons. The summed E-state index contributed by atoms with van der Waals surface area (Å²) in [6.07, 6.45) is 0. The molecule has 1 atom stereocenters. The Hall–Kier alpha value is -1.82. The zero-order chi connectivity index (χ0) is 11.3. The summed E-state index contributed by atoms with van der Waals surface area (Å²) in [6, 6.07) is 8.07. The summed E-state index contributed by atoms with van der Waals surface area (Å²) >= 11 is 0. The second-order valence-electron chi connectivity index (χ2n) is 3.55. The predicted octanol–water partition coefficient (Wildman–Crippen LogP) is 2.54. The van der Waals surface area contributed by atoms with Crippen molar-refractivity contribution in [2.24, 2.45) is 5.92 Å². The van der Waals surface area contributed by atoms with Crippen LogP contribution in [0, 0.1) is 12.5 Å². The third kappa shape index (κ3) is 3.10. The van der Waals surface area contributed by atoms with Gasteiger partial charge in [0, 0.05) is 5.92 Å². The Morgan fingerprint density at radius 1 is 1.33 bits per heavy atom. The molecule has 0 N–H and O–H groups in total. The first-order valence-electron chi connectivity index (χ1n) is 4.78. The molecule has 0 spiro atoms. The molecule has 0 aromatic heterocycles. The van der Waals surface area contributed by atoms with E-state index in [4.69, 9.17) is 11.3 Å². The van der Waals surface area contributed by atoms with Gasteiger partial charge < -0.3 is 9.58 Å². The van der Waals surface area contributed by atoms with Gasteiger partial charge in [-0.05, 0) is 12.1 Å². The van der Waals surface area contributed by atoms with Gasteiger partial charge >= 0.3 is 12.0 Å². The second-order valence-corrected chi connectivity index (χ2v) is 3.55. The van der Waals surface area contributed by atoms with Gasteiger partial charge in [-0.2, -0.15) is 0 Å². The largest absolute Gasteiger partial charge is 0.421 e.